The topological polar surface area (TPSA) is 168 Å². The van der Waals surface area contributed by atoms with Crippen molar-refractivity contribution in [3.8, 4) is 0 Å². The molecule has 5 N–H and O–H groups in total. The smallest absolute Gasteiger partial charge is 0.312 e. The molecular formula is C28H47N5O6S. The first-order chi connectivity index (χ1) is 19.1. The number of primary amides is 1. The first kappa shape index (κ1) is 33.6. The summed E-state index contributed by atoms with van der Waals surface area (Å²) in [6, 6.07) is -2.18. The summed E-state index contributed by atoms with van der Waals surface area (Å²) in [4.78, 5) is 74.1. The lowest BCUT2D eigenvalue weighted by Gasteiger charge is -2.23. The van der Waals surface area contributed by atoms with E-state index in [2.05, 4.69) is 16.0 Å². The van der Waals surface area contributed by atoms with E-state index in [9.17, 15) is 28.8 Å². The lowest BCUT2D eigenvalue weighted by atomic mass is 10.0. The minimum Gasteiger partial charge on any atom is -0.352 e. The highest BCUT2D eigenvalue weighted by Crippen LogP contribution is 2.35. The Morgan fingerprint density at radius 1 is 1.02 bits per heavy atom. The number of urea groups is 1. The Hall–Kier alpha value is -2.63. The first-order valence-electron chi connectivity index (χ1n) is 14.7. The molecule has 1 saturated carbocycles. The second-order valence-electron chi connectivity index (χ2n) is 11.1. The summed E-state index contributed by atoms with van der Waals surface area (Å²) < 4.78 is 0. The molecule has 1 unspecified atom stereocenters. The molecule has 0 radical (unpaired) electrons. The van der Waals surface area contributed by atoms with Crippen LogP contribution in [0.4, 0.5) is 4.79 Å². The standard InChI is InChI=1S/C28H47N5O6S/c1-19(2)25(26(37)31-20(18-34)11-10-15-30-28(29)39)32-23(35)14-8-5-9-16-33-24(36)17-22(27(33)38)40-21-12-6-3-4-7-13-21/h18-22,25H,3-17H2,1-2H3,(H,31,37)(H,32,35)(H3,29,30,39)/t20-,22?,25-/m0/s1. The minimum atomic E-state index is -0.790. The van der Waals surface area contributed by atoms with Gasteiger partial charge in [-0.1, -0.05) is 46.0 Å². The van der Waals surface area contributed by atoms with Gasteiger partial charge in [-0.2, -0.15) is 0 Å². The molecule has 11 nitrogen and oxygen atoms in total. The van der Waals surface area contributed by atoms with E-state index >= 15 is 0 Å². The fourth-order valence-corrected chi connectivity index (χ4v) is 6.65. The van der Waals surface area contributed by atoms with Gasteiger partial charge in [-0.3, -0.25) is 24.1 Å². The summed E-state index contributed by atoms with van der Waals surface area (Å²) in [6.45, 7) is 4.28. The van der Waals surface area contributed by atoms with Crippen LogP contribution in [0.3, 0.4) is 0 Å². The minimum absolute atomic E-state index is 0.0689. The van der Waals surface area contributed by atoms with E-state index in [1.165, 1.54) is 30.6 Å². The highest BCUT2D eigenvalue weighted by atomic mass is 32.2. The van der Waals surface area contributed by atoms with Gasteiger partial charge in [0, 0.05) is 31.2 Å². The van der Waals surface area contributed by atoms with Crippen LogP contribution in [0.2, 0.25) is 0 Å². The molecule has 2 rings (SSSR count). The molecule has 12 heteroatoms. The molecule has 1 aliphatic heterocycles. The van der Waals surface area contributed by atoms with Crippen LogP contribution in [-0.2, 0) is 24.0 Å². The summed E-state index contributed by atoms with van der Waals surface area (Å²) in [5.41, 5.74) is 5.01. The van der Waals surface area contributed by atoms with Crippen LogP contribution in [0.1, 0.15) is 97.3 Å². The highest BCUT2D eigenvalue weighted by molar-refractivity contribution is 8.01. The maximum absolute atomic E-state index is 12.8. The van der Waals surface area contributed by atoms with E-state index in [4.69, 9.17) is 5.73 Å². The molecule has 226 valence electrons. The van der Waals surface area contributed by atoms with Gasteiger partial charge in [0.05, 0.1) is 11.3 Å². The molecule has 2 fully saturated rings. The Labute approximate surface area is 241 Å². The molecule has 40 heavy (non-hydrogen) atoms. The quantitative estimate of drug-likeness (QED) is 0.0885. The highest BCUT2D eigenvalue weighted by Gasteiger charge is 2.39. The van der Waals surface area contributed by atoms with Gasteiger partial charge in [-0.25, -0.2) is 4.79 Å². The van der Waals surface area contributed by atoms with Crippen molar-refractivity contribution in [2.24, 2.45) is 11.7 Å². The molecule has 0 aromatic heterocycles. The van der Waals surface area contributed by atoms with Crippen LogP contribution in [0.15, 0.2) is 0 Å². The predicted molar refractivity (Wildman–Crippen MR) is 154 cm³/mol. The molecule has 1 saturated heterocycles. The Kier molecular flexibility index (Phi) is 15.1. The average Bonchev–Trinajstić information content (AvgIpc) is 3.06. The number of unbranched alkanes of at least 4 members (excludes halogenated alkanes) is 2. The van der Waals surface area contributed by atoms with Crippen molar-refractivity contribution in [3.05, 3.63) is 0 Å². The van der Waals surface area contributed by atoms with E-state index in [-0.39, 0.29) is 41.7 Å². The van der Waals surface area contributed by atoms with Crippen LogP contribution in [-0.4, -0.2) is 76.5 Å². The fraction of sp³-hybridized carbons (Fsp3) is 0.786. The van der Waals surface area contributed by atoms with Gasteiger partial charge in [0.1, 0.15) is 12.3 Å². The normalized spacial score (nSPS) is 19.7. The molecule has 0 aromatic carbocycles. The number of carbonyl (C=O) groups excluding carboxylic acids is 6. The van der Waals surface area contributed by atoms with Crippen molar-refractivity contribution in [2.45, 2.75) is 120 Å². The van der Waals surface area contributed by atoms with Gasteiger partial charge in [-0.05, 0) is 44.4 Å². The maximum atomic E-state index is 12.8. The molecule has 0 bridgehead atoms. The molecule has 3 atom stereocenters. The van der Waals surface area contributed by atoms with Gasteiger partial charge < -0.3 is 26.5 Å². The third kappa shape index (κ3) is 11.9. The van der Waals surface area contributed by atoms with Crippen molar-refractivity contribution >= 4 is 47.7 Å². The van der Waals surface area contributed by atoms with Gasteiger partial charge in [0.2, 0.25) is 23.6 Å². The summed E-state index contributed by atoms with van der Waals surface area (Å²) in [5, 5.41) is 8.05. The van der Waals surface area contributed by atoms with Crippen molar-refractivity contribution in [1.29, 1.82) is 0 Å². The second kappa shape index (κ2) is 17.9. The number of amides is 6. The molecule has 2 aliphatic rings. The van der Waals surface area contributed by atoms with Crippen LogP contribution in [0.25, 0.3) is 0 Å². The summed E-state index contributed by atoms with van der Waals surface area (Å²) in [5.74, 6) is -1.07. The number of thioether (sulfide) groups is 1. The number of imide groups is 1. The van der Waals surface area contributed by atoms with Crippen molar-refractivity contribution in [2.75, 3.05) is 13.1 Å². The van der Waals surface area contributed by atoms with Crippen LogP contribution in [0, 0.1) is 5.92 Å². The zero-order valence-electron chi connectivity index (χ0n) is 24.0. The van der Waals surface area contributed by atoms with E-state index in [1.807, 2.05) is 13.8 Å². The average molecular weight is 582 g/mol. The number of nitrogens with zero attached hydrogens (tertiary/aromatic N) is 1. The second-order valence-corrected chi connectivity index (χ2v) is 12.6. The van der Waals surface area contributed by atoms with Gasteiger partial charge in [-0.15, -0.1) is 11.8 Å². The monoisotopic (exact) mass is 581 g/mol. The van der Waals surface area contributed by atoms with E-state index < -0.39 is 24.0 Å². The number of aldehydes is 1. The number of rotatable bonds is 17. The molecular weight excluding hydrogens is 534 g/mol. The van der Waals surface area contributed by atoms with E-state index in [1.54, 1.807) is 11.8 Å². The third-order valence-electron chi connectivity index (χ3n) is 7.40. The largest absolute Gasteiger partial charge is 0.352 e. The Morgan fingerprint density at radius 2 is 1.73 bits per heavy atom. The number of nitrogens with two attached hydrogens (primary N) is 1. The first-order valence-corrected chi connectivity index (χ1v) is 15.6. The number of carbonyl (C=O) groups is 6. The Balaban J connectivity index is 1.69. The molecule has 1 heterocycles. The molecule has 1 aliphatic carbocycles. The Morgan fingerprint density at radius 3 is 2.35 bits per heavy atom. The summed E-state index contributed by atoms with van der Waals surface area (Å²) in [6.07, 6.45) is 11.0. The number of nitrogens with one attached hydrogen (secondary N) is 3. The van der Waals surface area contributed by atoms with Crippen LogP contribution in [0.5, 0.6) is 0 Å². The lowest BCUT2D eigenvalue weighted by molar-refractivity contribution is -0.138. The summed E-state index contributed by atoms with van der Waals surface area (Å²) in [7, 11) is 0. The third-order valence-corrected chi connectivity index (χ3v) is 8.95. The van der Waals surface area contributed by atoms with Gasteiger partial charge in [0.15, 0.2) is 0 Å². The summed E-state index contributed by atoms with van der Waals surface area (Å²) >= 11 is 1.69. The number of likely N-dealkylation sites (tertiary alicyclic amines) is 1. The Bertz CT molecular complexity index is 877. The van der Waals surface area contributed by atoms with Gasteiger partial charge in [0.25, 0.3) is 0 Å². The molecule has 0 spiro atoms. The fourth-order valence-electron chi connectivity index (χ4n) is 5.10. The van der Waals surface area contributed by atoms with Crippen molar-refractivity contribution < 1.29 is 28.8 Å². The van der Waals surface area contributed by atoms with Gasteiger partial charge >= 0.3 is 6.03 Å². The zero-order chi connectivity index (χ0) is 29.5. The predicted octanol–water partition coefficient (Wildman–Crippen LogP) is 2.40. The van der Waals surface area contributed by atoms with Crippen molar-refractivity contribution in [3.63, 3.8) is 0 Å². The van der Waals surface area contributed by atoms with Crippen LogP contribution >= 0.6 is 11.8 Å². The number of hydrogen-bond acceptors (Lipinski definition) is 7. The molecule has 6 amide bonds. The van der Waals surface area contributed by atoms with Crippen molar-refractivity contribution in [1.82, 2.24) is 20.9 Å². The molecule has 0 aromatic rings. The van der Waals surface area contributed by atoms with E-state index in [0.717, 1.165) is 12.8 Å². The van der Waals surface area contributed by atoms with Crippen LogP contribution < -0.4 is 21.7 Å². The number of hydrogen-bond donors (Lipinski definition) is 4. The zero-order valence-corrected chi connectivity index (χ0v) is 24.8. The van der Waals surface area contributed by atoms with E-state index in [0.29, 0.717) is 56.7 Å². The lowest BCUT2D eigenvalue weighted by Crippen LogP contribution is -2.52. The SMILES string of the molecule is CC(C)[C@H](NC(=O)CCCCCN1C(=O)CC(SC2CCCCCC2)C1=O)C(=O)N[C@H](C=O)CCCNC(N)=O. The maximum Gasteiger partial charge on any atom is 0.312 e.